The Morgan fingerprint density at radius 3 is 2.74 bits per heavy atom. The smallest absolute Gasteiger partial charge is 0.343 e. The molecule has 1 aromatic rings. The van der Waals surface area contributed by atoms with Gasteiger partial charge in [-0.25, -0.2) is 4.79 Å². The summed E-state index contributed by atoms with van der Waals surface area (Å²) in [6.07, 6.45) is 3.33. The molecule has 0 spiro atoms. The molecule has 1 saturated carbocycles. The largest absolute Gasteiger partial charge is 0.506 e. The van der Waals surface area contributed by atoms with Crippen molar-refractivity contribution in [2.24, 2.45) is 4.99 Å². The van der Waals surface area contributed by atoms with Crippen LogP contribution in [0.2, 0.25) is 8.67 Å². The molecule has 0 aliphatic heterocycles. The van der Waals surface area contributed by atoms with Crippen LogP contribution in [0.4, 0.5) is 0 Å². The van der Waals surface area contributed by atoms with E-state index >= 15 is 0 Å². The van der Waals surface area contributed by atoms with E-state index in [9.17, 15) is 9.90 Å². The third-order valence-corrected chi connectivity index (χ3v) is 4.02. The first-order valence-corrected chi connectivity index (χ1v) is 7.10. The summed E-state index contributed by atoms with van der Waals surface area (Å²) in [6.45, 7) is 0. The molecule has 0 radical (unpaired) electrons. The molecule has 7 heteroatoms. The summed E-state index contributed by atoms with van der Waals surface area (Å²) in [4.78, 5) is 15.8. The molecule has 102 valence electrons. The number of carbonyl (C=O) groups is 1. The first-order chi connectivity index (χ1) is 9.02. The molecular formula is C12H11Cl2NO3S. The van der Waals surface area contributed by atoms with Gasteiger partial charge in [-0.3, -0.25) is 4.99 Å². The predicted octanol–water partition coefficient (Wildman–Crippen LogP) is 3.73. The molecule has 1 fully saturated rings. The Kier molecular flexibility index (Phi) is 4.50. The Morgan fingerprint density at radius 1 is 1.58 bits per heavy atom. The van der Waals surface area contributed by atoms with Crippen molar-refractivity contribution in [3.05, 3.63) is 25.9 Å². The van der Waals surface area contributed by atoms with E-state index in [2.05, 4.69) is 9.73 Å². The maximum absolute atomic E-state index is 11.7. The average Bonchev–Trinajstić information content (AvgIpc) is 3.13. The van der Waals surface area contributed by atoms with Crippen LogP contribution in [0.1, 0.15) is 18.4 Å². The van der Waals surface area contributed by atoms with E-state index in [1.807, 2.05) is 0 Å². The summed E-state index contributed by atoms with van der Waals surface area (Å²) < 4.78 is 5.37. The molecular weight excluding hydrogens is 309 g/mol. The van der Waals surface area contributed by atoms with Gasteiger partial charge in [0.1, 0.15) is 15.7 Å². The zero-order valence-corrected chi connectivity index (χ0v) is 12.3. The number of rotatable bonds is 4. The van der Waals surface area contributed by atoms with Gasteiger partial charge >= 0.3 is 5.97 Å². The number of thiophene rings is 1. The molecule has 0 aromatic carbocycles. The Labute approximate surface area is 124 Å². The van der Waals surface area contributed by atoms with Gasteiger partial charge < -0.3 is 9.84 Å². The third-order valence-electron chi connectivity index (χ3n) is 2.53. The van der Waals surface area contributed by atoms with Crippen LogP contribution in [0.3, 0.4) is 0 Å². The molecule has 1 aromatic heterocycles. The molecule has 1 aliphatic rings. The van der Waals surface area contributed by atoms with Crippen molar-refractivity contribution in [3.8, 4) is 0 Å². The number of halogens is 2. The number of hydrogen-bond acceptors (Lipinski definition) is 5. The molecule has 19 heavy (non-hydrogen) atoms. The van der Waals surface area contributed by atoms with Gasteiger partial charge in [0.05, 0.1) is 17.5 Å². The Balaban J connectivity index is 2.40. The van der Waals surface area contributed by atoms with Crippen LogP contribution < -0.4 is 0 Å². The van der Waals surface area contributed by atoms with Gasteiger partial charge in [0, 0.05) is 11.8 Å². The molecule has 1 aliphatic carbocycles. The molecule has 0 amide bonds. The summed E-state index contributed by atoms with van der Waals surface area (Å²) in [5.74, 6) is -0.940. The highest BCUT2D eigenvalue weighted by molar-refractivity contribution is 7.20. The van der Waals surface area contributed by atoms with Crippen LogP contribution in [0.5, 0.6) is 0 Å². The molecule has 0 unspecified atom stereocenters. The molecule has 0 atom stereocenters. The van der Waals surface area contributed by atoms with Crippen molar-refractivity contribution in [2.45, 2.75) is 18.9 Å². The molecule has 0 bridgehead atoms. The Morgan fingerprint density at radius 2 is 2.26 bits per heavy atom. The number of methoxy groups -OCH3 is 1. The van der Waals surface area contributed by atoms with Crippen molar-refractivity contribution in [3.63, 3.8) is 0 Å². The third kappa shape index (κ3) is 3.49. The number of carbonyl (C=O) groups excluding carboxylic acids is 1. The summed E-state index contributed by atoms with van der Waals surface area (Å²) in [7, 11) is 1.24. The van der Waals surface area contributed by atoms with Crippen molar-refractivity contribution < 1.29 is 14.6 Å². The number of aliphatic hydroxyl groups is 1. The van der Waals surface area contributed by atoms with Crippen molar-refractivity contribution in [1.82, 2.24) is 0 Å². The first kappa shape index (κ1) is 14.4. The van der Waals surface area contributed by atoms with Gasteiger partial charge in [-0.2, -0.15) is 0 Å². The van der Waals surface area contributed by atoms with Gasteiger partial charge in [0.15, 0.2) is 0 Å². The highest BCUT2D eigenvalue weighted by Crippen LogP contribution is 2.35. The lowest BCUT2D eigenvalue weighted by Gasteiger charge is -2.04. The summed E-state index contributed by atoms with van der Waals surface area (Å²) in [5, 5.41) is 10.2. The molecule has 1 heterocycles. The van der Waals surface area contributed by atoms with E-state index < -0.39 is 5.97 Å². The topological polar surface area (TPSA) is 58.9 Å². The molecule has 2 rings (SSSR count). The second-order valence-electron chi connectivity index (χ2n) is 4.00. The van der Waals surface area contributed by atoms with Crippen LogP contribution in [0.15, 0.2) is 16.6 Å². The predicted molar refractivity (Wildman–Crippen MR) is 77.4 cm³/mol. The Hall–Kier alpha value is -1.04. The van der Waals surface area contributed by atoms with E-state index in [1.54, 1.807) is 0 Å². The maximum atomic E-state index is 11.7. The number of aliphatic imine (C=N–C) groups is 1. The van der Waals surface area contributed by atoms with Gasteiger partial charge in [0.2, 0.25) is 0 Å². The lowest BCUT2D eigenvalue weighted by Crippen LogP contribution is -2.09. The highest BCUT2D eigenvalue weighted by Gasteiger charge is 2.23. The van der Waals surface area contributed by atoms with Crippen molar-refractivity contribution in [2.75, 3.05) is 7.11 Å². The summed E-state index contributed by atoms with van der Waals surface area (Å²) in [5.41, 5.74) is 0.282. The van der Waals surface area contributed by atoms with Crippen LogP contribution in [0, 0.1) is 0 Å². The lowest BCUT2D eigenvalue weighted by molar-refractivity contribution is -0.135. The number of aliphatic hydroxyl groups excluding tert-OH is 1. The van der Waals surface area contributed by atoms with Crippen LogP contribution in [-0.2, 0) is 9.53 Å². The second-order valence-corrected chi connectivity index (χ2v) is 6.29. The fraction of sp³-hybridized carbons (Fsp3) is 0.333. The van der Waals surface area contributed by atoms with Gasteiger partial charge in [-0.05, 0) is 18.9 Å². The van der Waals surface area contributed by atoms with Gasteiger partial charge in [0.25, 0.3) is 0 Å². The van der Waals surface area contributed by atoms with Crippen molar-refractivity contribution in [1.29, 1.82) is 0 Å². The Bertz CT molecular complexity index is 561. The number of hydrogen-bond donors (Lipinski definition) is 1. The lowest BCUT2D eigenvalue weighted by atomic mass is 10.1. The molecule has 1 N–H and O–H groups in total. The quantitative estimate of drug-likeness (QED) is 0.398. The van der Waals surface area contributed by atoms with E-state index in [0.717, 1.165) is 24.2 Å². The fourth-order valence-electron chi connectivity index (χ4n) is 1.37. The molecule has 4 nitrogen and oxygen atoms in total. The fourth-order valence-corrected chi connectivity index (χ4v) is 2.84. The molecule has 0 saturated heterocycles. The normalized spacial score (nSPS) is 16.6. The van der Waals surface area contributed by atoms with Crippen LogP contribution >= 0.6 is 34.5 Å². The van der Waals surface area contributed by atoms with Gasteiger partial charge in [-0.15, -0.1) is 11.3 Å². The number of esters is 1. The monoisotopic (exact) mass is 319 g/mol. The summed E-state index contributed by atoms with van der Waals surface area (Å²) in [6, 6.07) is 1.73. The van der Waals surface area contributed by atoms with Crippen LogP contribution in [0.25, 0.3) is 5.76 Å². The van der Waals surface area contributed by atoms with Crippen molar-refractivity contribution >= 4 is 52.5 Å². The summed E-state index contributed by atoms with van der Waals surface area (Å²) >= 11 is 12.9. The minimum absolute atomic E-state index is 0.0224. The zero-order valence-electron chi connectivity index (χ0n) is 10.0. The minimum atomic E-state index is -0.666. The highest BCUT2D eigenvalue weighted by atomic mass is 35.5. The SMILES string of the molecule is COC(=O)/C(C=NC1CC1)=C(/O)c1cc(Cl)sc1Cl. The standard InChI is InChI=1S/C12H11Cl2NO3S/c1-18-12(17)8(5-15-6-2-3-6)10(16)7-4-9(13)19-11(7)14/h4-6,16H,2-3H2,1H3/b10-8+,15-5?. The van der Waals surface area contributed by atoms with E-state index in [0.29, 0.717) is 14.2 Å². The maximum Gasteiger partial charge on any atom is 0.343 e. The first-order valence-electron chi connectivity index (χ1n) is 5.53. The zero-order chi connectivity index (χ0) is 14.0. The van der Waals surface area contributed by atoms with E-state index in [1.165, 1.54) is 19.4 Å². The van der Waals surface area contributed by atoms with E-state index in [-0.39, 0.29) is 17.4 Å². The van der Waals surface area contributed by atoms with E-state index in [4.69, 9.17) is 23.2 Å². The number of ether oxygens (including phenoxy) is 1. The average molecular weight is 320 g/mol. The minimum Gasteiger partial charge on any atom is -0.506 e. The number of nitrogens with zero attached hydrogens (tertiary/aromatic N) is 1. The van der Waals surface area contributed by atoms with Crippen LogP contribution in [-0.4, -0.2) is 30.4 Å². The second kappa shape index (κ2) is 5.94. The van der Waals surface area contributed by atoms with Gasteiger partial charge in [-0.1, -0.05) is 23.2 Å².